The monoisotopic (exact) mass is 363 g/mol. The summed E-state index contributed by atoms with van der Waals surface area (Å²) in [5, 5.41) is 4.05. The zero-order valence-corrected chi connectivity index (χ0v) is 15.9. The lowest BCUT2D eigenvalue weighted by atomic mass is 10.0. The van der Waals surface area contributed by atoms with Gasteiger partial charge in [0.1, 0.15) is 12.1 Å². The van der Waals surface area contributed by atoms with Crippen molar-refractivity contribution in [3.63, 3.8) is 0 Å². The molecule has 0 bridgehead atoms. The van der Waals surface area contributed by atoms with Gasteiger partial charge in [-0.25, -0.2) is 0 Å². The highest BCUT2D eigenvalue weighted by Crippen LogP contribution is 2.24. The van der Waals surface area contributed by atoms with Gasteiger partial charge in [-0.05, 0) is 37.8 Å². The van der Waals surface area contributed by atoms with Gasteiger partial charge in [-0.3, -0.25) is 4.79 Å². The smallest absolute Gasteiger partial charge is 0.287 e. The molecule has 3 aromatic rings. The standard InChI is InChI=1S/C23H26N2O2/c1-17-20-11-5-6-12-21(20)27-22(17)23(26)24-15-18-9-3-4-10-19(18)16-25-13-7-2-8-14-25/h3-6,9-12H,2,7-8,13-16H2,1H3,(H,24,26)/p+1. The second-order valence-electron chi connectivity index (χ2n) is 7.49. The molecule has 140 valence electrons. The molecule has 4 heteroatoms. The van der Waals surface area contributed by atoms with Crippen LogP contribution in [0.4, 0.5) is 0 Å². The highest BCUT2D eigenvalue weighted by atomic mass is 16.3. The van der Waals surface area contributed by atoms with Crippen LogP contribution in [0.2, 0.25) is 0 Å². The van der Waals surface area contributed by atoms with Gasteiger partial charge < -0.3 is 14.6 Å². The predicted octanol–water partition coefficient (Wildman–Crippen LogP) is 3.24. The molecular formula is C23H27N2O2+. The molecule has 2 aromatic carbocycles. The first kappa shape index (κ1) is 17.8. The average molecular weight is 363 g/mol. The van der Waals surface area contributed by atoms with Gasteiger partial charge in [0.05, 0.1) is 13.1 Å². The van der Waals surface area contributed by atoms with Crippen molar-refractivity contribution in [1.29, 1.82) is 0 Å². The summed E-state index contributed by atoms with van der Waals surface area (Å²) in [7, 11) is 0. The molecule has 0 spiro atoms. The Morgan fingerprint density at radius 2 is 1.70 bits per heavy atom. The molecule has 4 nitrogen and oxygen atoms in total. The number of furan rings is 1. The van der Waals surface area contributed by atoms with Gasteiger partial charge in [-0.15, -0.1) is 0 Å². The third-order valence-corrected chi connectivity index (χ3v) is 5.61. The third kappa shape index (κ3) is 3.91. The van der Waals surface area contributed by atoms with E-state index in [1.54, 1.807) is 4.90 Å². The summed E-state index contributed by atoms with van der Waals surface area (Å²) in [6, 6.07) is 16.2. The molecule has 0 aliphatic carbocycles. The van der Waals surface area contributed by atoms with Gasteiger partial charge in [0.25, 0.3) is 5.91 Å². The van der Waals surface area contributed by atoms with Crippen LogP contribution in [0.5, 0.6) is 0 Å². The van der Waals surface area contributed by atoms with Gasteiger partial charge in [-0.1, -0.05) is 42.5 Å². The summed E-state index contributed by atoms with van der Waals surface area (Å²) in [6.45, 7) is 6.00. The Balaban J connectivity index is 1.46. The number of benzene rings is 2. The fraction of sp³-hybridized carbons (Fsp3) is 0.348. The molecule has 1 saturated heterocycles. The zero-order chi connectivity index (χ0) is 18.6. The Kier molecular flexibility index (Phi) is 5.26. The molecule has 1 amide bonds. The summed E-state index contributed by atoms with van der Waals surface area (Å²) in [5.41, 5.74) is 4.18. The molecule has 2 N–H and O–H groups in total. The first-order valence-corrected chi connectivity index (χ1v) is 9.89. The van der Waals surface area contributed by atoms with E-state index in [4.69, 9.17) is 4.42 Å². The molecule has 1 aromatic heterocycles. The molecule has 0 unspecified atom stereocenters. The van der Waals surface area contributed by atoms with E-state index in [9.17, 15) is 4.79 Å². The first-order valence-electron chi connectivity index (χ1n) is 9.89. The number of quaternary nitrogens is 1. The quantitative estimate of drug-likeness (QED) is 0.731. The fourth-order valence-electron chi connectivity index (χ4n) is 4.05. The molecule has 1 fully saturated rings. The Morgan fingerprint density at radius 3 is 2.48 bits per heavy atom. The summed E-state index contributed by atoms with van der Waals surface area (Å²) in [5.74, 6) is 0.263. The highest BCUT2D eigenvalue weighted by Gasteiger charge is 2.19. The van der Waals surface area contributed by atoms with Crippen LogP contribution in [0.15, 0.2) is 52.9 Å². The minimum absolute atomic E-state index is 0.149. The Bertz CT molecular complexity index is 938. The molecule has 0 radical (unpaired) electrons. The minimum Gasteiger partial charge on any atom is -0.451 e. The maximum absolute atomic E-state index is 12.7. The van der Waals surface area contributed by atoms with E-state index in [-0.39, 0.29) is 5.91 Å². The summed E-state index contributed by atoms with van der Waals surface area (Å²) in [6.07, 6.45) is 4.00. The SMILES string of the molecule is Cc1c(C(=O)NCc2ccccc2C[NH+]2CCCCC2)oc2ccccc12. The number of rotatable bonds is 5. The van der Waals surface area contributed by atoms with Crippen LogP contribution in [-0.4, -0.2) is 19.0 Å². The number of carbonyl (C=O) groups is 1. The van der Waals surface area contributed by atoms with Crippen molar-refractivity contribution < 1.29 is 14.1 Å². The van der Waals surface area contributed by atoms with E-state index in [0.29, 0.717) is 12.3 Å². The first-order chi connectivity index (χ1) is 13.2. The number of likely N-dealkylation sites (tertiary alicyclic amines) is 1. The molecule has 0 saturated carbocycles. The van der Waals surface area contributed by atoms with Gasteiger partial charge in [-0.2, -0.15) is 0 Å². The van der Waals surface area contributed by atoms with Crippen molar-refractivity contribution in [3.05, 3.63) is 71.0 Å². The molecule has 1 aliphatic heterocycles. The topological polar surface area (TPSA) is 46.7 Å². The molecule has 2 heterocycles. The van der Waals surface area contributed by atoms with E-state index in [0.717, 1.165) is 23.1 Å². The van der Waals surface area contributed by atoms with E-state index < -0.39 is 0 Å². The third-order valence-electron chi connectivity index (χ3n) is 5.61. The second-order valence-corrected chi connectivity index (χ2v) is 7.49. The van der Waals surface area contributed by atoms with E-state index in [2.05, 4.69) is 23.5 Å². The number of fused-ring (bicyclic) bond motifs is 1. The van der Waals surface area contributed by atoms with Crippen molar-refractivity contribution in [2.24, 2.45) is 0 Å². The fourth-order valence-corrected chi connectivity index (χ4v) is 4.05. The molecule has 0 atom stereocenters. The Labute approximate surface area is 160 Å². The van der Waals surface area contributed by atoms with Crippen molar-refractivity contribution in [3.8, 4) is 0 Å². The molecule has 1 aliphatic rings. The average Bonchev–Trinajstić information content (AvgIpc) is 3.05. The molecule has 27 heavy (non-hydrogen) atoms. The number of nitrogens with one attached hydrogen (secondary N) is 2. The van der Waals surface area contributed by atoms with E-state index in [1.165, 1.54) is 43.5 Å². The van der Waals surface area contributed by atoms with Crippen LogP contribution in [0.25, 0.3) is 11.0 Å². The van der Waals surface area contributed by atoms with Crippen molar-refractivity contribution in [2.45, 2.75) is 39.3 Å². The largest absolute Gasteiger partial charge is 0.451 e. The minimum atomic E-state index is -0.149. The summed E-state index contributed by atoms with van der Waals surface area (Å²) in [4.78, 5) is 14.3. The maximum Gasteiger partial charge on any atom is 0.287 e. The predicted molar refractivity (Wildman–Crippen MR) is 107 cm³/mol. The lowest BCUT2D eigenvalue weighted by Gasteiger charge is -2.24. The number of amides is 1. The highest BCUT2D eigenvalue weighted by molar-refractivity contribution is 5.98. The molecule has 4 rings (SSSR count). The van der Waals surface area contributed by atoms with E-state index >= 15 is 0 Å². The molecular weight excluding hydrogens is 336 g/mol. The van der Waals surface area contributed by atoms with E-state index in [1.807, 2.05) is 37.3 Å². The Hall–Kier alpha value is -2.59. The number of piperidine rings is 1. The lowest BCUT2D eigenvalue weighted by Crippen LogP contribution is -3.11. The van der Waals surface area contributed by atoms with Crippen molar-refractivity contribution in [2.75, 3.05) is 13.1 Å². The maximum atomic E-state index is 12.7. The van der Waals surface area contributed by atoms with Gasteiger partial charge in [0.15, 0.2) is 5.76 Å². The summed E-state index contributed by atoms with van der Waals surface area (Å²) >= 11 is 0. The normalized spacial score (nSPS) is 15.1. The van der Waals surface area contributed by atoms with Gasteiger partial charge >= 0.3 is 0 Å². The number of para-hydroxylation sites is 1. The number of hydrogen-bond acceptors (Lipinski definition) is 2. The van der Waals surface area contributed by atoms with Crippen LogP contribution in [0, 0.1) is 6.92 Å². The van der Waals surface area contributed by atoms with Gasteiger partial charge in [0, 0.05) is 23.1 Å². The second kappa shape index (κ2) is 7.97. The van der Waals surface area contributed by atoms with Crippen LogP contribution in [-0.2, 0) is 13.1 Å². The number of aryl methyl sites for hydroxylation is 1. The summed E-state index contributed by atoms with van der Waals surface area (Å²) < 4.78 is 5.78. The van der Waals surface area contributed by atoms with Crippen LogP contribution in [0.1, 0.15) is 46.5 Å². The lowest BCUT2D eigenvalue weighted by molar-refractivity contribution is -0.918. The van der Waals surface area contributed by atoms with Crippen molar-refractivity contribution >= 4 is 16.9 Å². The number of carbonyl (C=O) groups excluding carboxylic acids is 1. The number of hydrogen-bond donors (Lipinski definition) is 2. The zero-order valence-electron chi connectivity index (χ0n) is 15.9. The Morgan fingerprint density at radius 1 is 1.00 bits per heavy atom. The van der Waals surface area contributed by atoms with Crippen LogP contribution in [0.3, 0.4) is 0 Å². The van der Waals surface area contributed by atoms with Crippen LogP contribution < -0.4 is 10.2 Å². The van der Waals surface area contributed by atoms with Gasteiger partial charge in [0.2, 0.25) is 0 Å². The van der Waals surface area contributed by atoms with Crippen molar-refractivity contribution in [1.82, 2.24) is 5.32 Å². The van der Waals surface area contributed by atoms with Crippen LogP contribution >= 0.6 is 0 Å².